The maximum Gasteiger partial charge on any atom is 0.215 e. The number of hydrogen-bond donors (Lipinski definition) is 1. The van der Waals surface area contributed by atoms with Gasteiger partial charge in [-0.1, -0.05) is 24.3 Å². The van der Waals surface area contributed by atoms with Crippen molar-refractivity contribution < 1.29 is 4.74 Å². The van der Waals surface area contributed by atoms with Gasteiger partial charge in [-0.15, -0.1) is 0 Å². The molecule has 3 aromatic heterocycles. The highest BCUT2D eigenvalue weighted by Crippen LogP contribution is 2.26. The Morgan fingerprint density at radius 2 is 1.90 bits per heavy atom. The molecule has 0 fully saturated rings. The van der Waals surface area contributed by atoms with Gasteiger partial charge in [0.25, 0.3) is 0 Å². The zero-order chi connectivity index (χ0) is 14.2. The summed E-state index contributed by atoms with van der Waals surface area (Å²) in [5.74, 6) is 1.26. The maximum atomic E-state index is 5.13. The van der Waals surface area contributed by atoms with Crippen molar-refractivity contribution >= 4 is 21.9 Å². The van der Waals surface area contributed by atoms with Gasteiger partial charge >= 0.3 is 0 Å². The summed E-state index contributed by atoms with van der Waals surface area (Å²) in [7, 11) is 1.59. The number of aromatic nitrogens is 4. The molecule has 1 aromatic carbocycles. The molecule has 0 radical (unpaired) electrons. The number of methoxy groups -OCH3 is 1. The van der Waals surface area contributed by atoms with Crippen molar-refractivity contribution in [1.29, 1.82) is 0 Å². The summed E-state index contributed by atoms with van der Waals surface area (Å²) < 4.78 is 5.13. The number of aromatic amines is 1. The van der Waals surface area contributed by atoms with E-state index in [1.807, 2.05) is 30.3 Å². The number of nitrogens with one attached hydrogen (secondary N) is 1. The third-order valence-electron chi connectivity index (χ3n) is 3.43. The van der Waals surface area contributed by atoms with E-state index in [0.717, 1.165) is 22.0 Å². The van der Waals surface area contributed by atoms with Crippen LogP contribution < -0.4 is 4.74 Å². The highest BCUT2D eigenvalue weighted by atomic mass is 16.5. The van der Waals surface area contributed by atoms with Crippen LogP contribution in [0.5, 0.6) is 5.88 Å². The minimum absolute atomic E-state index is 0.548. The molecule has 3 heterocycles. The van der Waals surface area contributed by atoms with Crippen LogP contribution in [0, 0.1) is 0 Å². The van der Waals surface area contributed by atoms with Crippen molar-refractivity contribution in [2.24, 2.45) is 0 Å². The van der Waals surface area contributed by atoms with E-state index in [9.17, 15) is 0 Å². The summed E-state index contributed by atoms with van der Waals surface area (Å²) >= 11 is 0. The first-order valence-electron chi connectivity index (χ1n) is 6.60. The molecule has 0 atom stereocenters. The van der Waals surface area contributed by atoms with E-state index in [4.69, 9.17) is 4.74 Å². The fourth-order valence-corrected chi connectivity index (χ4v) is 2.41. The molecule has 4 aromatic rings. The number of benzene rings is 1. The molecule has 0 saturated carbocycles. The molecular formula is C16H12N4O. The lowest BCUT2D eigenvalue weighted by Crippen LogP contribution is -1.88. The molecule has 0 unspecified atom stereocenters. The Hall–Kier alpha value is -2.95. The first-order valence-corrected chi connectivity index (χ1v) is 6.60. The number of pyridine rings is 2. The van der Waals surface area contributed by atoms with Gasteiger partial charge in [-0.05, 0) is 17.5 Å². The topological polar surface area (TPSA) is 63.7 Å². The fraction of sp³-hybridized carbons (Fsp3) is 0.0625. The van der Waals surface area contributed by atoms with E-state index in [0.29, 0.717) is 17.4 Å². The average molecular weight is 276 g/mol. The highest BCUT2D eigenvalue weighted by Gasteiger charge is 2.11. The smallest absolute Gasteiger partial charge is 0.215 e. The predicted molar refractivity (Wildman–Crippen MR) is 81.2 cm³/mol. The summed E-state index contributed by atoms with van der Waals surface area (Å²) in [5.41, 5.74) is 2.31. The van der Waals surface area contributed by atoms with E-state index in [1.165, 1.54) is 0 Å². The molecule has 5 nitrogen and oxygen atoms in total. The Kier molecular flexibility index (Phi) is 2.57. The maximum absolute atomic E-state index is 5.13. The van der Waals surface area contributed by atoms with Crippen molar-refractivity contribution in [3.8, 4) is 17.4 Å². The number of H-pyrrole nitrogens is 1. The van der Waals surface area contributed by atoms with Gasteiger partial charge in [-0.25, -0.2) is 4.98 Å². The summed E-state index contributed by atoms with van der Waals surface area (Å²) in [6.07, 6.45) is 1.79. The monoisotopic (exact) mass is 276 g/mol. The lowest BCUT2D eigenvalue weighted by Gasteiger charge is -2.01. The van der Waals surface area contributed by atoms with Crippen molar-refractivity contribution in [2.45, 2.75) is 0 Å². The Bertz CT molecular complexity index is 940. The van der Waals surface area contributed by atoms with Crippen molar-refractivity contribution in [2.75, 3.05) is 7.11 Å². The molecular weight excluding hydrogens is 264 g/mol. The van der Waals surface area contributed by atoms with Crippen LogP contribution in [-0.2, 0) is 0 Å². The summed E-state index contributed by atoms with van der Waals surface area (Å²) in [5, 5.41) is 2.19. The largest absolute Gasteiger partial charge is 0.481 e. The van der Waals surface area contributed by atoms with Crippen molar-refractivity contribution in [3.63, 3.8) is 0 Å². The van der Waals surface area contributed by atoms with E-state index >= 15 is 0 Å². The van der Waals surface area contributed by atoms with Crippen LogP contribution >= 0.6 is 0 Å². The summed E-state index contributed by atoms with van der Waals surface area (Å²) in [4.78, 5) is 16.6. The SMILES string of the molecule is COc1ccc2[nH]c(-c3nccc4ccccc34)nc2n1. The van der Waals surface area contributed by atoms with Gasteiger partial charge in [0.2, 0.25) is 5.88 Å². The highest BCUT2D eigenvalue weighted by molar-refractivity contribution is 5.94. The number of nitrogens with zero attached hydrogens (tertiary/aromatic N) is 3. The molecule has 21 heavy (non-hydrogen) atoms. The van der Waals surface area contributed by atoms with Crippen LogP contribution in [0.3, 0.4) is 0 Å². The fourth-order valence-electron chi connectivity index (χ4n) is 2.41. The van der Waals surface area contributed by atoms with Gasteiger partial charge in [0.15, 0.2) is 11.5 Å². The molecule has 0 aliphatic rings. The quantitative estimate of drug-likeness (QED) is 0.610. The molecule has 0 saturated heterocycles. The van der Waals surface area contributed by atoms with Gasteiger partial charge in [0.05, 0.1) is 12.6 Å². The first kappa shape index (κ1) is 11.8. The third-order valence-corrected chi connectivity index (χ3v) is 3.43. The molecule has 4 rings (SSSR count). The zero-order valence-corrected chi connectivity index (χ0v) is 11.4. The van der Waals surface area contributed by atoms with Crippen molar-refractivity contribution in [1.82, 2.24) is 19.9 Å². The van der Waals surface area contributed by atoms with Crippen LogP contribution in [0.15, 0.2) is 48.7 Å². The van der Waals surface area contributed by atoms with Gasteiger partial charge < -0.3 is 9.72 Å². The second kappa shape index (κ2) is 4.56. The molecule has 5 heteroatoms. The second-order valence-electron chi connectivity index (χ2n) is 4.69. The molecule has 0 amide bonds. The Balaban J connectivity index is 1.96. The summed E-state index contributed by atoms with van der Waals surface area (Å²) in [6, 6.07) is 13.8. The Morgan fingerprint density at radius 1 is 1.00 bits per heavy atom. The van der Waals surface area contributed by atoms with Crippen LogP contribution in [0.25, 0.3) is 33.5 Å². The normalized spacial score (nSPS) is 11.1. The van der Waals surface area contributed by atoms with E-state index in [1.54, 1.807) is 19.4 Å². The van der Waals surface area contributed by atoms with E-state index in [2.05, 4.69) is 26.0 Å². The minimum Gasteiger partial charge on any atom is -0.481 e. The standard InChI is InChI=1S/C16H12N4O/c1-21-13-7-6-12-15(19-13)20-16(18-12)14-11-5-3-2-4-10(11)8-9-17-14/h2-9H,1H3,(H,18,19,20). The molecule has 0 aliphatic heterocycles. The number of ether oxygens (including phenoxy) is 1. The zero-order valence-electron chi connectivity index (χ0n) is 11.4. The summed E-state index contributed by atoms with van der Waals surface area (Å²) in [6.45, 7) is 0. The van der Waals surface area contributed by atoms with E-state index in [-0.39, 0.29) is 0 Å². The molecule has 0 bridgehead atoms. The van der Waals surface area contributed by atoms with Crippen LogP contribution in [-0.4, -0.2) is 27.0 Å². The minimum atomic E-state index is 0.548. The van der Waals surface area contributed by atoms with Crippen LogP contribution in [0.1, 0.15) is 0 Å². The molecule has 0 aliphatic carbocycles. The van der Waals surface area contributed by atoms with Gasteiger partial charge in [-0.2, -0.15) is 4.98 Å². The molecule has 0 spiro atoms. The van der Waals surface area contributed by atoms with Crippen molar-refractivity contribution in [3.05, 3.63) is 48.7 Å². The van der Waals surface area contributed by atoms with Gasteiger partial charge in [0.1, 0.15) is 5.69 Å². The first-order chi connectivity index (χ1) is 10.3. The third kappa shape index (κ3) is 1.90. The van der Waals surface area contributed by atoms with Gasteiger partial charge in [0, 0.05) is 17.6 Å². The average Bonchev–Trinajstić information content (AvgIpc) is 2.97. The van der Waals surface area contributed by atoms with E-state index < -0.39 is 0 Å². The number of rotatable bonds is 2. The lowest BCUT2D eigenvalue weighted by atomic mass is 10.1. The van der Waals surface area contributed by atoms with Gasteiger partial charge in [-0.3, -0.25) is 4.98 Å². The Morgan fingerprint density at radius 3 is 2.81 bits per heavy atom. The number of imidazole rings is 1. The molecule has 102 valence electrons. The van der Waals surface area contributed by atoms with Crippen LogP contribution in [0.4, 0.5) is 0 Å². The lowest BCUT2D eigenvalue weighted by molar-refractivity contribution is 0.399. The molecule has 1 N–H and O–H groups in total. The number of hydrogen-bond acceptors (Lipinski definition) is 4. The Labute approximate surface area is 120 Å². The number of fused-ring (bicyclic) bond motifs is 2. The second-order valence-corrected chi connectivity index (χ2v) is 4.69. The predicted octanol–water partition coefficient (Wildman–Crippen LogP) is 3.18. The van der Waals surface area contributed by atoms with Crippen LogP contribution in [0.2, 0.25) is 0 Å².